The van der Waals surface area contributed by atoms with E-state index < -0.39 is 5.91 Å². The number of nitrogens with zero attached hydrogens (tertiary/aromatic N) is 2. The molecule has 0 saturated heterocycles. The average Bonchev–Trinajstić information content (AvgIpc) is 2.71. The van der Waals surface area contributed by atoms with Gasteiger partial charge >= 0.3 is 0 Å². The van der Waals surface area contributed by atoms with Crippen LogP contribution < -0.4 is 11.3 Å². The van der Waals surface area contributed by atoms with E-state index in [0.29, 0.717) is 16.9 Å². The van der Waals surface area contributed by atoms with Crippen LogP contribution in [0.15, 0.2) is 30.5 Å². The van der Waals surface area contributed by atoms with Gasteiger partial charge in [0.2, 0.25) is 0 Å². The number of nitrogens with two attached hydrogens (primary N) is 1. The van der Waals surface area contributed by atoms with Gasteiger partial charge in [-0.3, -0.25) is 10.2 Å². The van der Waals surface area contributed by atoms with Gasteiger partial charge in [-0.25, -0.2) is 14.9 Å². The molecule has 1 amide bonds. The molecule has 2 rings (SSSR count). The van der Waals surface area contributed by atoms with Gasteiger partial charge in [-0.1, -0.05) is 0 Å². The van der Waals surface area contributed by atoms with Gasteiger partial charge in [0.25, 0.3) is 5.91 Å². The summed E-state index contributed by atoms with van der Waals surface area (Å²) in [6.07, 6.45) is 1.42. The number of carbonyl (C=O) groups excluding carboxylic acids is 1. The maximum Gasteiger partial charge on any atom is 0.268 e. The molecule has 5 nitrogen and oxygen atoms in total. The number of hydrogen-bond acceptors (Lipinski definition) is 3. The topological polar surface area (TPSA) is 72.9 Å². The van der Waals surface area contributed by atoms with E-state index in [1.54, 1.807) is 23.7 Å². The first-order valence-corrected chi connectivity index (χ1v) is 4.95. The second kappa shape index (κ2) is 4.34. The molecule has 6 heteroatoms. The molecular weight excluding hydrogens is 223 g/mol. The summed E-state index contributed by atoms with van der Waals surface area (Å²) in [4.78, 5) is 11.4. The quantitative estimate of drug-likeness (QED) is 0.461. The standard InChI is InChI=1S/C11H11FN4O/c1-7-10(11(17)15-13)6-14-16(7)9-4-2-8(12)3-5-9/h2-6H,13H2,1H3,(H,15,17). The molecule has 88 valence electrons. The van der Waals surface area contributed by atoms with E-state index in [4.69, 9.17) is 5.84 Å². The van der Waals surface area contributed by atoms with Crippen molar-refractivity contribution < 1.29 is 9.18 Å². The lowest BCUT2D eigenvalue weighted by Crippen LogP contribution is -2.30. The summed E-state index contributed by atoms with van der Waals surface area (Å²) in [6, 6.07) is 5.83. The van der Waals surface area contributed by atoms with Crippen molar-refractivity contribution in [3.63, 3.8) is 0 Å². The van der Waals surface area contributed by atoms with Crippen molar-refractivity contribution in [2.24, 2.45) is 5.84 Å². The third kappa shape index (κ3) is 2.02. The minimum atomic E-state index is -0.407. The molecule has 0 aliphatic rings. The van der Waals surface area contributed by atoms with Gasteiger partial charge < -0.3 is 0 Å². The zero-order valence-electron chi connectivity index (χ0n) is 9.14. The van der Waals surface area contributed by atoms with Crippen LogP contribution in [0.3, 0.4) is 0 Å². The molecule has 0 saturated carbocycles. The Balaban J connectivity index is 2.44. The summed E-state index contributed by atoms with van der Waals surface area (Å²) in [5, 5.41) is 4.06. The van der Waals surface area contributed by atoms with Crippen molar-refractivity contribution >= 4 is 5.91 Å². The van der Waals surface area contributed by atoms with Gasteiger partial charge in [-0.15, -0.1) is 0 Å². The van der Waals surface area contributed by atoms with Crippen molar-refractivity contribution in [1.82, 2.24) is 15.2 Å². The van der Waals surface area contributed by atoms with Crippen molar-refractivity contribution in [2.75, 3.05) is 0 Å². The molecule has 0 spiro atoms. The van der Waals surface area contributed by atoms with E-state index in [1.165, 1.54) is 18.3 Å². The van der Waals surface area contributed by atoms with E-state index in [1.807, 2.05) is 5.43 Å². The summed E-state index contributed by atoms with van der Waals surface area (Å²) >= 11 is 0. The molecule has 1 heterocycles. The van der Waals surface area contributed by atoms with Gasteiger partial charge in [-0.2, -0.15) is 5.10 Å². The molecule has 0 fully saturated rings. The van der Waals surface area contributed by atoms with Gasteiger partial charge in [0.1, 0.15) is 5.82 Å². The number of nitrogen functional groups attached to an aromatic ring is 1. The summed E-state index contributed by atoms with van der Waals surface area (Å²) < 4.78 is 14.3. The molecule has 1 aromatic carbocycles. The number of rotatable bonds is 2. The minimum Gasteiger partial charge on any atom is -0.290 e. The Hall–Kier alpha value is -2.21. The van der Waals surface area contributed by atoms with Gasteiger partial charge in [-0.05, 0) is 31.2 Å². The SMILES string of the molecule is Cc1c(C(=O)NN)cnn1-c1ccc(F)cc1. The summed E-state index contributed by atoms with van der Waals surface area (Å²) in [6.45, 7) is 1.74. The number of halogens is 1. The van der Waals surface area contributed by atoms with Crippen LogP contribution in [-0.2, 0) is 0 Å². The number of hydrogen-bond donors (Lipinski definition) is 2. The van der Waals surface area contributed by atoms with Gasteiger partial charge in [0, 0.05) is 0 Å². The van der Waals surface area contributed by atoms with Crippen molar-refractivity contribution in [1.29, 1.82) is 0 Å². The van der Waals surface area contributed by atoms with Crippen LogP contribution in [0.4, 0.5) is 4.39 Å². The fourth-order valence-corrected chi connectivity index (χ4v) is 1.55. The van der Waals surface area contributed by atoms with Crippen LogP contribution in [0, 0.1) is 12.7 Å². The molecule has 3 N–H and O–H groups in total. The summed E-state index contributed by atoms with van der Waals surface area (Å²) in [7, 11) is 0. The highest BCUT2D eigenvalue weighted by atomic mass is 19.1. The average molecular weight is 234 g/mol. The largest absolute Gasteiger partial charge is 0.290 e. The third-order valence-electron chi connectivity index (χ3n) is 2.46. The van der Waals surface area contributed by atoms with E-state index >= 15 is 0 Å². The Kier molecular flexibility index (Phi) is 2.88. The molecule has 2 aromatic rings. The third-order valence-corrected chi connectivity index (χ3v) is 2.46. The molecule has 0 unspecified atom stereocenters. The molecule has 0 aliphatic heterocycles. The Morgan fingerprint density at radius 3 is 2.65 bits per heavy atom. The fraction of sp³-hybridized carbons (Fsp3) is 0.0909. The predicted octanol–water partition coefficient (Wildman–Crippen LogP) is 0.923. The summed E-state index contributed by atoms with van der Waals surface area (Å²) in [5.41, 5.74) is 3.75. The number of aromatic nitrogens is 2. The van der Waals surface area contributed by atoms with Crippen LogP contribution >= 0.6 is 0 Å². The first kappa shape index (κ1) is 11.3. The lowest BCUT2D eigenvalue weighted by atomic mass is 10.2. The number of hydrazine groups is 1. The predicted molar refractivity (Wildman–Crippen MR) is 59.9 cm³/mol. The Morgan fingerprint density at radius 1 is 1.41 bits per heavy atom. The van der Waals surface area contributed by atoms with Crippen LogP contribution in [0.5, 0.6) is 0 Å². The van der Waals surface area contributed by atoms with E-state index in [2.05, 4.69) is 5.10 Å². The molecule has 1 aromatic heterocycles. The van der Waals surface area contributed by atoms with Gasteiger partial charge in [0.15, 0.2) is 0 Å². The molecular formula is C11H11FN4O. The van der Waals surface area contributed by atoms with E-state index in [0.717, 1.165) is 0 Å². The number of benzene rings is 1. The lowest BCUT2D eigenvalue weighted by molar-refractivity contribution is 0.0953. The highest BCUT2D eigenvalue weighted by Gasteiger charge is 2.13. The zero-order valence-corrected chi connectivity index (χ0v) is 9.14. The molecule has 0 bridgehead atoms. The Bertz CT molecular complexity index is 547. The zero-order chi connectivity index (χ0) is 12.4. The van der Waals surface area contributed by atoms with Crippen LogP contribution in [-0.4, -0.2) is 15.7 Å². The highest BCUT2D eigenvalue weighted by Crippen LogP contribution is 2.14. The van der Waals surface area contributed by atoms with Crippen molar-refractivity contribution in [3.05, 3.63) is 47.5 Å². The second-order valence-corrected chi connectivity index (χ2v) is 3.51. The molecule has 0 aliphatic carbocycles. The van der Waals surface area contributed by atoms with E-state index in [-0.39, 0.29) is 5.82 Å². The molecule has 0 atom stereocenters. The lowest BCUT2D eigenvalue weighted by Gasteiger charge is -2.04. The fourth-order valence-electron chi connectivity index (χ4n) is 1.55. The second-order valence-electron chi connectivity index (χ2n) is 3.51. The highest BCUT2D eigenvalue weighted by molar-refractivity contribution is 5.94. The Morgan fingerprint density at radius 2 is 2.06 bits per heavy atom. The number of carbonyl (C=O) groups is 1. The first-order valence-electron chi connectivity index (χ1n) is 4.95. The number of amides is 1. The smallest absolute Gasteiger partial charge is 0.268 e. The Labute approximate surface area is 97.0 Å². The van der Waals surface area contributed by atoms with Crippen molar-refractivity contribution in [2.45, 2.75) is 6.92 Å². The normalized spacial score (nSPS) is 10.3. The van der Waals surface area contributed by atoms with Crippen LogP contribution in [0.25, 0.3) is 5.69 Å². The minimum absolute atomic E-state index is 0.321. The number of nitrogens with one attached hydrogen (secondary N) is 1. The van der Waals surface area contributed by atoms with Gasteiger partial charge in [0.05, 0.1) is 23.1 Å². The maximum atomic E-state index is 12.8. The van der Waals surface area contributed by atoms with E-state index in [9.17, 15) is 9.18 Å². The monoisotopic (exact) mass is 234 g/mol. The first-order chi connectivity index (χ1) is 8.13. The van der Waals surface area contributed by atoms with Crippen LogP contribution in [0.1, 0.15) is 16.1 Å². The maximum absolute atomic E-state index is 12.8. The van der Waals surface area contributed by atoms with Crippen molar-refractivity contribution in [3.8, 4) is 5.69 Å². The molecule has 0 radical (unpaired) electrons. The summed E-state index contributed by atoms with van der Waals surface area (Å²) in [5.74, 6) is 4.33. The van der Waals surface area contributed by atoms with Crippen LogP contribution in [0.2, 0.25) is 0 Å². The molecule has 17 heavy (non-hydrogen) atoms.